The molecule has 1 fully saturated rings. The number of aromatic nitrogens is 3. The van der Waals surface area contributed by atoms with Crippen molar-refractivity contribution in [2.45, 2.75) is 25.4 Å². The van der Waals surface area contributed by atoms with E-state index in [0.29, 0.717) is 23.0 Å². The topological polar surface area (TPSA) is 61.9 Å². The zero-order valence-electron chi connectivity index (χ0n) is 13.5. The first-order valence-corrected chi connectivity index (χ1v) is 8.61. The number of amides is 1. The summed E-state index contributed by atoms with van der Waals surface area (Å²) in [7, 11) is 0. The molecule has 0 bridgehead atoms. The molecule has 0 spiro atoms. The maximum Gasteiger partial charge on any atom is 0.272 e. The molecular formula is C19H17ClN4O. The van der Waals surface area contributed by atoms with Crippen molar-refractivity contribution in [1.82, 2.24) is 20.1 Å². The lowest BCUT2D eigenvalue weighted by atomic mass is 10.1. The Morgan fingerprint density at radius 1 is 1.20 bits per heavy atom. The van der Waals surface area contributed by atoms with E-state index < -0.39 is 0 Å². The van der Waals surface area contributed by atoms with Gasteiger partial charge in [-0.2, -0.15) is 5.10 Å². The lowest BCUT2D eigenvalue weighted by molar-refractivity contribution is 0.0721. The summed E-state index contributed by atoms with van der Waals surface area (Å²) in [6, 6.07) is 15.2. The van der Waals surface area contributed by atoms with Gasteiger partial charge in [0.25, 0.3) is 5.91 Å². The number of benzene rings is 1. The number of aromatic amines is 1. The molecule has 126 valence electrons. The summed E-state index contributed by atoms with van der Waals surface area (Å²) in [5, 5.41) is 7.78. The van der Waals surface area contributed by atoms with Gasteiger partial charge in [0.2, 0.25) is 0 Å². The van der Waals surface area contributed by atoms with Crippen molar-refractivity contribution in [3.05, 3.63) is 71.1 Å². The fraction of sp³-hybridized carbons (Fsp3) is 0.211. The number of H-pyrrole nitrogens is 1. The molecule has 1 aromatic carbocycles. The smallest absolute Gasteiger partial charge is 0.272 e. The van der Waals surface area contributed by atoms with E-state index in [1.807, 2.05) is 47.4 Å². The van der Waals surface area contributed by atoms with Crippen molar-refractivity contribution >= 4 is 17.5 Å². The van der Waals surface area contributed by atoms with E-state index in [-0.39, 0.29) is 11.9 Å². The van der Waals surface area contributed by atoms with Crippen LogP contribution in [0.1, 0.15) is 29.0 Å². The Hall–Kier alpha value is -2.66. The van der Waals surface area contributed by atoms with Crippen LogP contribution in [0, 0.1) is 0 Å². The van der Waals surface area contributed by atoms with Crippen LogP contribution in [0.5, 0.6) is 0 Å². The van der Waals surface area contributed by atoms with Gasteiger partial charge in [0.05, 0.1) is 17.9 Å². The minimum Gasteiger partial charge on any atom is -0.328 e. The quantitative estimate of drug-likeness (QED) is 0.756. The van der Waals surface area contributed by atoms with E-state index in [1.165, 1.54) is 0 Å². The first kappa shape index (κ1) is 15.8. The highest BCUT2D eigenvalue weighted by atomic mass is 35.5. The molecular weight excluding hydrogens is 336 g/mol. The maximum atomic E-state index is 12.9. The summed E-state index contributed by atoms with van der Waals surface area (Å²) in [5.41, 5.74) is 2.96. The molecule has 4 rings (SSSR count). The number of carbonyl (C=O) groups is 1. The third-order valence-corrected chi connectivity index (χ3v) is 4.47. The summed E-state index contributed by atoms with van der Waals surface area (Å²) in [5.74, 6) is -0.0473. The van der Waals surface area contributed by atoms with Gasteiger partial charge in [-0.3, -0.25) is 14.9 Å². The number of rotatable bonds is 5. The standard InChI is InChI=1S/C19H17ClN4O/c20-14-5-3-4-13(10-14)17-11-18(23-22-17)19(25)24(16-7-8-16)12-15-6-1-2-9-21-15/h1-6,9-11,16H,7-8,12H2,(H,22,23). The highest BCUT2D eigenvalue weighted by Crippen LogP contribution is 2.30. The molecule has 0 atom stereocenters. The maximum absolute atomic E-state index is 12.9. The van der Waals surface area contributed by atoms with Crippen LogP contribution in [0.15, 0.2) is 54.7 Å². The van der Waals surface area contributed by atoms with Crippen molar-refractivity contribution in [2.75, 3.05) is 0 Å². The van der Waals surface area contributed by atoms with Crippen LogP contribution in [0.25, 0.3) is 11.3 Å². The summed E-state index contributed by atoms with van der Waals surface area (Å²) in [6.07, 6.45) is 3.82. The highest BCUT2D eigenvalue weighted by Gasteiger charge is 2.34. The molecule has 2 aromatic heterocycles. The molecule has 1 aliphatic rings. The zero-order valence-corrected chi connectivity index (χ0v) is 14.3. The lowest BCUT2D eigenvalue weighted by Crippen LogP contribution is -2.33. The first-order valence-electron chi connectivity index (χ1n) is 8.23. The van der Waals surface area contributed by atoms with Gasteiger partial charge in [-0.05, 0) is 43.2 Å². The molecule has 5 nitrogen and oxygen atoms in total. The Morgan fingerprint density at radius 3 is 2.80 bits per heavy atom. The van der Waals surface area contributed by atoms with Crippen molar-refractivity contribution in [3.63, 3.8) is 0 Å². The van der Waals surface area contributed by atoms with Crippen LogP contribution in [0.4, 0.5) is 0 Å². The van der Waals surface area contributed by atoms with Gasteiger partial charge in [-0.25, -0.2) is 0 Å². The van der Waals surface area contributed by atoms with E-state index in [2.05, 4.69) is 15.2 Å². The number of nitrogens with one attached hydrogen (secondary N) is 1. The molecule has 0 saturated heterocycles. The molecule has 0 unspecified atom stereocenters. The van der Waals surface area contributed by atoms with E-state index >= 15 is 0 Å². The van der Waals surface area contributed by atoms with Crippen molar-refractivity contribution in [2.24, 2.45) is 0 Å². The minimum atomic E-state index is -0.0473. The number of halogens is 1. The number of carbonyl (C=O) groups excluding carboxylic acids is 1. The summed E-state index contributed by atoms with van der Waals surface area (Å²) < 4.78 is 0. The van der Waals surface area contributed by atoms with Crippen LogP contribution in [0.3, 0.4) is 0 Å². The highest BCUT2D eigenvalue weighted by molar-refractivity contribution is 6.30. The van der Waals surface area contributed by atoms with Gasteiger partial charge >= 0.3 is 0 Å². The van der Waals surface area contributed by atoms with E-state index in [0.717, 1.165) is 24.1 Å². The number of hydrogen-bond acceptors (Lipinski definition) is 3. The number of pyridine rings is 1. The summed E-state index contributed by atoms with van der Waals surface area (Å²) >= 11 is 6.03. The monoisotopic (exact) mass is 352 g/mol. The molecule has 2 heterocycles. The minimum absolute atomic E-state index is 0.0473. The van der Waals surface area contributed by atoms with Crippen molar-refractivity contribution in [1.29, 1.82) is 0 Å². The van der Waals surface area contributed by atoms with Gasteiger partial charge in [-0.1, -0.05) is 29.8 Å². The zero-order chi connectivity index (χ0) is 17.2. The Kier molecular flexibility index (Phi) is 4.24. The second kappa shape index (κ2) is 6.69. The average Bonchev–Trinajstić information content (AvgIpc) is 3.35. The third kappa shape index (κ3) is 3.56. The Bertz CT molecular complexity index is 889. The predicted molar refractivity (Wildman–Crippen MR) is 96.2 cm³/mol. The Balaban J connectivity index is 1.57. The van der Waals surface area contributed by atoms with E-state index in [4.69, 9.17) is 11.6 Å². The van der Waals surface area contributed by atoms with Gasteiger partial charge in [0, 0.05) is 22.8 Å². The summed E-state index contributed by atoms with van der Waals surface area (Å²) in [6.45, 7) is 0.510. The molecule has 1 amide bonds. The van der Waals surface area contributed by atoms with Gasteiger partial charge in [0.1, 0.15) is 5.69 Å². The van der Waals surface area contributed by atoms with Gasteiger partial charge in [0.15, 0.2) is 0 Å². The SMILES string of the molecule is O=C(c1cc(-c2cccc(Cl)c2)n[nH]1)N(Cc1ccccn1)C1CC1. The first-order chi connectivity index (χ1) is 12.2. The van der Waals surface area contributed by atoms with Gasteiger partial charge < -0.3 is 4.90 Å². The Morgan fingerprint density at radius 2 is 2.08 bits per heavy atom. The predicted octanol–water partition coefficient (Wildman–Crippen LogP) is 3.93. The largest absolute Gasteiger partial charge is 0.328 e. The lowest BCUT2D eigenvalue weighted by Gasteiger charge is -2.21. The van der Waals surface area contributed by atoms with Crippen LogP contribution in [-0.4, -0.2) is 32.0 Å². The summed E-state index contributed by atoms with van der Waals surface area (Å²) in [4.78, 5) is 19.1. The van der Waals surface area contributed by atoms with Crippen LogP contribution < -0.4 is 0 Å². The Labute approximate surface area is 150 Å². The molecule has 0 aliphatic heterocycles. The fourth-order valence-electron chi connectivity index (χ4n) is 2.80. The normalized spacial score (nSPS) is 13.6. The molecule has 6 heteroatoms. The molecule has 25 heavy (non-hydrogen) atoms. The third-order valence-electron chi connectivity index (χ3n) is 4.24. The van der Waals surface area contributed by atoms with E-state index in [9.17, 15) is 4.79 Å². The molecule has 0 radical (unpaired) electrons. The number of hydrogen-bond donors (Lipinski definition) is 1. The fourth-order valence-corrected chi connectivity index (χ4v) is 2.99. The molecule has 3 aromatic rings. The van der Waals surface area contributed by atoms with Gasteiger partial charge in [-0.15, -0.1) is 0 Å². The van der Waals surface area contributed by atoms with Crippen LogP contribution in [-0.2, 0) is 6.54 Å². The molecule has 1 aliphatic carbocycles. The van der Waals surface area contributed by atoms with E-state index in [1.54, 1.807) is 12.3 Å². The molecule has 1 saturated carbocycles. The van der Waals surface area contributed by atoms with Crippen molar-refractivity contribution in [3.8, 4) is 11.3 Å². The van der Waals surface area contributed by atoms with Crippen LogP contribution >= 0.6 is 11.6 Å². The second-order valence-electron chi connectivity index (χ2n) is 6.16. The van der Waals surface area contributed by atoms with Crippen molar-refractivity contribution < 1.29 is 4.79 Å². The average molecular weight is 353 g/mol. The second-order valence-corrected chi connectivity index (χ2v) is 6.60. The molecule has 1 N–H and O–H groups in total. The number of nitrogens with zero attached hydrogens (tertiary/aromatic N) is 3. The van der Waals surface area contributed by atoms with Crippen LogP contribution in [0.2, 0.25) is 5.02 Å².